The van der Waals surface area contributed by atoms with Crippen LogP contribution in [0, 0.1) is 5.92 Å². The van der Waals surface area contributed by atoms with E-state index in [1.54, 1.807) is 11.3 Å². The Bertz CT molecular complexity index is 806. The molecule has 1 aliphatic carbocycles. The highest BCUT2D eigenvalue weighted by molar-refractivity contribution is 7.17. The van der Waals surface area contributed by atoms with E-state index in [9.17, 15) is 0 Å². The average molecular weight is 337 g/mol. The Morgan fingerprint density at radius 2 is 1.83 bits per heavy atom. The van der Waals surface area contributed by atoms with E-state index < -0.39 is 0 Å². The normalized spacial score (nSPS) is 17.0. The quantitative estimate of drug-likeness (QED) is 0.660. The smallest absolute Gasteiger partial charge is 0.157 e. The fourth-order valence-corrected chi connectivity index (χ4v) is 4.64. The number of nitrogens with zero attached hydrogens (tertiary/aromatic N) is 2. The highest BCUT2D eigenvalue weighted by Crippen LogP contribution is 2.35. The summed E-state index contributed by atoms with van der Waals surface area (Å²) < 4.78 is 1.22. The van der Waals surface area contributed by atoms with Crippen molar-refractivity contribution in [2.24, 2.45) is 5.92 Å². The molecule has 2 aromatic heterocycles. The molecule has 4 heteroatoms. The second-order valence-corrected chi connectivity index (χ2v) is 7.67. The highest BCUT2D eigenvalue weighted by Gasteiger charge is 2.21. The van der Waals surface area contributed by atoms with E-state index in [1.165, 1.54) is 42.2 Å². The number of hydrogen-bond donors (Lipinski definition) is 1. The van der Waals surface area contributed by atoms with Gasteiger partial charge in [-0.1, -0.05) is 49.6 Å². The number of nitrogens with one attached hydrogen (secondary N) is 1. The van der Waals surface area contributed by atoms with Crippen LogP contribution in [0.1, 0.15) is 39.0 Å². The Hall–Kier alpha value is -1.94. The SMILES string of the molecule is CC(Nc1nnc(-c2ccccc2)c2sccc12)C1CCCCC1. The van der Waals surface area contributed by atoms with E-state index in [4.69, 9.17) is 0 Å². The molecule has 1 aromatic carbocycles. The van der Waals surface area contributed by atoms with E-state index in [0.717, 1.165) is 23.0 Å². The van der Waals surface area contributed by atoms with Crippen LogP contribution in [0.4, 0.5) is 5.82 Å². The lowest BCUT2D eigenvalue weighted by atomic mass is 9.84. The lowest BCUT2D eigenvalue weighted by molar-refractivity contribution is 0.328. The maximum absolute atomic E-state index is 4.55. The predicted octanol–water partition coefficient (Wildman–Crippen LogP) is 5.74. The van der Waals surface area contributed by atoms with Gasteiger partial charge in [-0.05, 0) is 37.1 Å². The first kappa shape index (κ1) is 15.6. The van der Waals surface area contributed by atoms with Gasteiger partial charge < -0.3 is 5.32 Å². The first-order valence-electron chi connectivity index (χ1n) is 8.89. The first-order chi connectivity index (χ1) is 11.8. The Morgan fingerprint density at radius 1 is 1.04 bits per heavy atom. The maximum atomic E-state index is 4.55. The summed E-state index contributed by atoms with van der Waals surface area (Å²) in [6, 6.07) is 12.9. The lowest BCUT2D eigenvalue weighted by Crippen LogP contribution is -2.28. The third-order valence-electron chi connectivity index (χ3n) is 5.15. The van der Waals surface area contributed by atoms with Crippen molar-refractivity contribution in [2.45, 2.75) is 45.1 Å². The second kappa shape index (κ2) is 6.89. The molecule has 3 aromatic rings. The maximum Gasteiger partial charge on any atom is 0.157 e. The molecular formula is C20H23N3S. The van der Waals surface area contributed by atoms with Crippen LogP contribution in [0.2, 0.25) is 0 Å². The van der Waals surface area contributed by atoms with Crippen LogP contribution >= 0.6 is 11.3 Å². The molecule has 0 amide bonds. The monoisotopic (exact) mass is 337 g/mol. The molecule has 1 fully saturated rings. The van der Waals surface area contributed by atoms with Crippen LogP contribution in [0.3, 0.4) is 0 Å². The Morgan fingerprint density at radius 3 is 2.62 bits per heavy atom. The molecule has 1 saturated carbocycles. The van der Waals surface area contributed by atoms with Crippen molar-refractivity contribution in [1.29, 1.82) is 0 Å². The minimum Gasteiger partial charge on any atom is -0.365 e. The number of aromatic nitrogens is 2. The molecule has 0 saturated heterocycles. The molecule has 1 atom stereocenters. The van der Waals surface area contributed by atoms with E-state index in [2.05, 4.69) is 46.0 Å². The van der Waals surface area contributed by atoms with Crippen LogP contribution in [0.25, 0.3) is 21.3 Å². The van der Waals surface area contributed by atoms with Crippen LogP contribution in [0.5, 0.6) is 0 Å². The van der Waals surface area contributed by atoms with Crippen molar-refractivity contribution < 1.29 is 0 Å². The van der Waals surface area contributed by atoms with E-state index >= 15 is 0 Å². The van der Waals surface area contributed by atoms with Crippen LogP contribution in [-0.2, 0) is 0 Å². The van der Waals surface area contributed by atoms with Gasteiger partial charge in [0.2, 0.25) is 0 Å². The minimum absolute atomic E-state index is 0.449. The molecular weight excluding hydrogens is 314 g/mol. The summed E-state index contributed by atoms with van der Waals surface area (Å²) in [7, 11) is 0. The van der Waals surface area contributed by atoms with E-state index in [1.807, 2.05) is 18.2 Å². The summed E-state index contributed by atoms with van der Waals surface area (Å²) in [5.74, 6) is 1.69. The van der Waals surface area contributed by atoms with Gasteiger partial charge >= 0.3 is 0 Å². The molecule has 0 spiro atoms. The van der Waals surface area contributed by atoms with Crippen LogP contribution < -0.4 is 5.32 Å². The zero-order valence-corrected chi connectivity index (χ0v) is 14.9. The van der Waals surface area contributed by atoms with Gasteiger partial charge in [-0.15, -0.1) is 21.5 Å². The van der Waals surface area contributed by atoms with Crippen LogP contribution in [-0.4, -0.2) is 16.2 Å². The summed E-state index contributed by atoms with van der Waals surface area (Å²) >= 11 is 1.74. The number of fused-ring (bicyclic) bond motifs is 1. The molecule has 3 nitrogen and oxygen atoms in total. The summed E-state index contributed by atoms with van der Waals surface area (Å²) in [6.07, 6.45) is 6.78. The largest absolute Gasteiger partial charge is 0.365 e. The van der Waals surface area contributed by atoms with Gasteiger partial charge in [-0.25, -0.2) is 0 Å². The summed E-state index contributed by atoms with van der Waals surface area (Å²) in [6.45, 7) is 2.29. The number of thiophene rings is 1. The molecule has 1 N–H and O–H groups in total. The third kappa shape index (κ3) is 3.03. The minimum atomic E-state index is 0.449. The van der Waals surface area contributed by atoms with Gasteiger partial charge in [0.05, 0.1) is 4.70 Å². The van der Waals surface area contributed by atoms with Crippen molar-refractivity contribution in [3.05, 3.63) is 41.8 Å². The molecule has 4 rings (SSSR count). The fraction of sp³-hybridized carbons (Fsp3) is 0.400. The molecule has 24 heavy (non-hydrogen) atoms. The molecule has 2 heterocycles. The zero-order chi connectivity index (χ0) is 16.4. The molecule has 0 aliphatic heterocycles. The standard InChI is InChI=1S/C20H23N3S/c1-14(15-8-4-2-5-9-15)21-20-17-12-13-24-19(17)18(22-23-20)16-10-6-3-7-11-16/h3,6-7,10-15H,2,4-5,8-9H2,1H3,(H,21,23). The van der Waals surface area contributed by atoms with Crippen molar-refractivity contribution in [3.63, 3.8) is 0 Å². The average Bonchev–Trinajstić information content (AvgIpc) is 3.13. The van der Waals surface area contributed by atoms with Gasteiger partial charge in [0.25, 0.3) is 0 Å². The molecule has 1 unspecified atom stereocenters. The summed E-state index contributed by atoms with van der Waals surface area (Å²) in [4.78, 5) is 0. The summed E-state index contributed by atoms with van der Waals surface area (Å²) in [5, 5.41) is 16.1. The van der Waals surface area contributed by atoms with Gasteiger partial charge in [0, 0.05) is 17.0 Å². The third-order valence-corrected chi connectivity index (χ3v) is 6.08. The molecule has 124 valence electrons. The van der Waals surface area contributed by atoms with Gasteiger partial charge in [0.15, 0.2) is 5.82 Å². The topological polar surface area (TPSA) is 37.8 Å². The Labute approximate surface area is 147 Å². The lowest BCUT2D eigenvalue weighted by Gasteiger charge is -2.28. The Balaban J connectivity index is 1.64. The Kier molecular flexibility index (Phi) is 4.48. The van der Waals surface area contributed by atoms with Gasteiger partial charge in [0.1, 0.15) is 5.69 Å². The number of anilines is 1. The van der Waals surface area contributed by atoms with Crippen molar-refractivity contribution in [1.82, 2.24) is 10.2 Å². The van der Waals surface area contributed by atoms with Crippen LogP contribution in [0.15, 0.2) is 41.8 Å². The highest BCUT2D eigenvalue weighted by atomic mass is 32.1. The molecule has 0 bridgehead atoms. The second-order valence-electron chi connectivity index (χ2n) is 6.76. The number of rotatable bonds is 4. The fourth-order valence-electron chi connectivity index (χ4n) is 3.74. The number of benzene rings is 1. The van der Waals surface area contributed by atoms with Crippen molar-refractivity contribution in [2.75, 3.05) is 5.32 Å². The molecule has 0 radical (unpaired) electrons. The van der Waals surface area contributed by atoms with E-state index in [0.29, 0.717) is 6.04 Å². The van der Waals surface area contributed by atoms with Crippen molar-refractivity contribution >= 4 is 27.2 Å². The first-order valence-corrected chi connectivity index (χ1v) is 9.77. The molecule has 1 aliphatic rings. The van der Waals surface area contributed by atoms with Gasteiger partial charge in [-0.3, -0.25) is 0 Å². The van der Waals surface area contributed by atoms with Crippen molar-refractivity contribution in [3.8, 4) is 11.3 Å². The van der Waals surface area contributed by atoms with Gasteiger partial charge in [-0.2, -0.15) is 0 Å². The summed E-state index contributed by atoms with van der Waals surface area (Å²) in [5.41, 5.74) is 2.11. The van der Waals surface area contributed by atoms with E-state index in [-0.39, 0.29) is 0 Å². The predicted molar refractivity (Wildman–Crippen MR) is 103 cm³/mol. The number of hydrogen-bond acceptors (Lipinski definition) is 4. The zero-order valence-electron chi connectivity index (χ0n) is 14.0.